The molecule has 1 aliphatic rings. The van der Waals surface area contributed by atoms with E-state index < -0.39 is 23.7 Å². The Morgan fingerprint density at radius 2 is 2.13 bits per heavy atom. The van der Waals surface area contributed by atoms with Crippen molar-refractivity contribution in [2.45, 2.75) is 38.5 Å². The van der Waals surface area contributed by atoms with E-state index in [1.165, 1.54) is 0 Å². The summed E-state index contributed by atoms with van der Waals surface area (Å²) >= 11 is 0. The van der Waals surface area contributed by atoms with Gasteiger partial charge in [-0.15, -0.1) is 0 Å². The van der Waals surface area contributed by atoms with E-state index in [4.69, 9.17) is 9.84 Å². The van der Waals surface area contributed by atoms with Gasteiger partial charge in [0.25, 0.3) is 0 Å². The molecular formula is C10H16F2O3. The minimum atomic E-state index is -2.94. The molecule has 0 saturated carbocycles. The highest BCUT2D eigenvalue weighted by molar-refractivity contribution is 5.74. The number of ether oxygens (including phenoxy) is 1. The third-order valence-corrected chi connectivity index (χ3v) is 2.77. The third kappa shape index (κ3) is 3.41. The zero-order chi connectivity index (χ0) is 11.5. The number of halogens is 2. The van der Waals surface area contributed by atoms with Crippen LogP contribution in [0.5, 0.6) is 0 Å². The van der Waals surface area contributed by atoms with Crippen molar-refractivity contribution in [2.24, 2.45) is 5.41 Å². The Bertz CT molecular complexity index is 227. The van der Waals surface area contributed by atoms with Gasteiger partial charge in [-0.1, -0.05) is 0 Å². The van der Waals surface area contributed by atoms with Gasteiger partial charge in [0.2, 0.25) is 5.92 Å². The number of carbonyl (C=O) groups is 1. The molecule has 1 N–H and O–H groups in total. The summed E-state index contributed by atoms with van der Waals surface area (Å²) in [6, 6.07) is 0. The van der Waals surface area contributed by atoms with E-state index in [9.17, 15) is 13.6 Å². The van der Waals surface area contributed by atoms with Crippen LogP contribution in [0.3, 0.4) is 0 Å². The van der Waals surface area contributed by atoms with E-state index in [0.717, 1.165) is 6.92 Å². The Morgan fingerprint density at radius 3 is 2.67 bits per heavy atom. The molecule has 15 heavy (non-hydrogen) atoms. The monoisotopic (exact) mass is 222 g/mol. The molecule has 3 nitrogen and oxygen atoms in total. The summed E-state index contributed by atoms with van der Waals surface area (Å²) in [5.74, 6) is -4.07. The lowest BCUT2D eigenvalue weighted by Gasteiger charge is -2.29. The maximum Gasteiger partial charge on any atom is 0.309 e. The molecule has 1 fully saturated rings. The second kappa shape index (κ2) is 4.43. The average molecular weight is 222 g/mol. The number of hydrogen-bond donors (Lipinski definition) is 1. The molecule has 0 spiro atoms. The highest BCUT2D eigenvalue weighted by atomic mass is 19.3. The number of carboxylic acid groups (broad SMARTS) is 1. The van der Waals surface area contributed by atoms with Crippen LogP contribution in [-0.2, 0) is 9.53 Å². The third-order valence-electron chi connectivity index (χ3n) is 2.77. The van der Waals surface area contributed by atoms with Crippen LogP contribution >= 0.6 is 0 Å². The molecule has 0 aromatic heterocycles. The van der Waals surface area contributed by atoms with Crippen molar-refractivity contribution in [3.63, 3.8) is 0 Å². The van der Waals surface area contributed by atoms with E-state index in [1.807, 2.05) is 0 Å². The van der Waals surface area contributed by atoms with E-state index in [1.54, 1.807) is 0 Å². The summed E-state index contributed by atoms with van der Waals surface area (Å²) in [6.07, 6.45) is 0.374. The van der Waals surface area contributed by atoms with Gasteiger partial charge in [-0.2, -0.15) is 0 Å². The first-order chi connectivity index (χ1) is 6.86. The van der Waals surface area contributed by atoms with Crippen LogP contribution in [0.2, 0.25) is 0 Å². The van der Waals surface area contributed by atoms with E-state index in [2.05, 4.69) is 0 Å². The average Bonchev–Trinajstić information content (AvgIpc) is 2.28. The fourth-order valence-electron chi connectivity index (χ4n) is 2.07. The standard InChI is InChI=1S/C10H16F2O3/c1-9(11,12)7-10(8(13)14)3-2-5-15-6-4-10/h2-7H2,1H3,(H,13,14). The van der Waals surface area contributed by atoms with Crippen LogP contribution in [-0.4, -0.2) is 30.2 Å². The molecule has 0 aliphatic carbocycles. The maximum atomic E-state index is 12.9. The highest BCUT2D eigenvalue weighted by Crippen LogP contribution is 2.40. The number of alkyl halides is 2. The van der Waals surface area contributed by atoms with E-state index >= 15 is 0 Å². The Hall–Kier alpha value is -0.710. The molecule has 0 bridgehead atoms. The van der Waals surface area contributed by atoms with E-state index in [-0.39, 0.29) is 19.4 Å². The van der Waals surface area contributed by atoms with Crippen molar-refractivity contribution >= 4 is 5.97 Å². The molecule has 1 rings (SSSR count). The Kier molecular flexibility index (Phi) is 3.65. The highest BCUT2D eigenvalue weighted by Gasteiger charge is 2.45. The predicted molar refractivity (Wildman–Crippen MR) is 50.0 cm³/mol. The molecule has 1 unspecified atom stereocenters. The van der Waals surface area contributed by atoms with E-state index in [0.29, 0.717) is 13.0 Å². The number of hydrogen-bond acceptors (Lipinski definition) is 2. The zero-order valence-corrected chi connectivity index (χ0v) is 8.76. The van der Waals surface area contributed by atoms with Crippen LogP contribution in [0.1, 0.15) is 32.6 Å². The lowest BCUT2D eigenvalue weighted by atomic mass is 9.76. The topological polar surface area (TPSA) is 46.5 Å². The van der Waals surface area contributed by atoms with Crippen LogP contribution < -0.4 is 0 Å². The maximum absolute atomic E-state index is 12.9. The fraction of sp³-hybridized carbons (Fsp3) is 0.900. The zero-order valence-electron chi connectivity index (χ0n) is 8.76. The van der Waals surface area contributed by atoms with Crippen molar-refractivity contribution in [3.8, 4) is 0 Å². The number of carboxylic acids is 1. The molecule has 0 aromatic rings. The van der Waals surface area contributed by atoms with Crippen molar-refractivity contribution < 1.29 is 23.4 Å². The minimum Gasteiger partial charge on any atom is -0.481 e. The van der Waals surface area contributed by atoms with Crippen LogP contribution in [0.25, 0.3) is 0 Å². The molecular weight excluding hydrogens is 206 g/mol. The number of aliphatic carboxylic acids is 1. The summed E-state index contributed by atoms with van der Waals surface area (Å²) in [7, 11) is 0. The van der Waals surface area contributed by atoms with Crippen molar-refractivity contribution in [1.82, 2.24) is 0 Å². The molecule has 1 saturated heterocycles. The molecule has 0 radical (unpaired) electrons. The van der Waals surface area contributed by atoms with Crippen LogP contribution in [0.15, 0.2) is 0 Å². The summed E-state index contributed by atoms with van der Waals surface area (Å²) in [6.45, 7) is 1.48. The van der Waals surface area contributed by atoms with Crippen LogP contribution in [0, 0.1) is 5.41 Å². The minimum absolute atomic E-state index is 0.172. The van der Waals surface area contributed by atoms with Crippen molar-refractivity contribution in [1.29, 1.82) is 0 Å². The quantitative estimate of drug-likeness (QED) is 0.797. The Morgan fingerprint density at radius 1 is 1.47 bits per heavy atom. The van der Waals surface area contributed by atoms with Crippen molar-refractivity contribution in [2.75, 3.05) is 13.2 Å². The first kappa shape index (κ1) is 12.4. The molecule has 1 aliphatic heterocycles. The molecule has 0 amide bonds. The summed E-state index contributed by atoms with van der Waals surface area (Å²) in [4.78, 5) is 11.1. The van der Waals surface area contributed by atoms with Crippen molar-refractivity contribution in [3.05, 3.63) is 0 Å². The van der Waals surface area contributed by atoms with Gasteiger partial charge in [0, 0.05) is 19.6 Å². The van der Waals surface area contributed by atoms with Gasteiger partial charge in [0.1, 0.15) is 0 Å². The van der Waals surface area contributed by atoms with Gasteiger partial charge in [0.05, 0.1) is 5.41 Å². The summed E-state index contributed by atoms with van der Waals surface area (Å²) in [5, 5.41) is 9.09. The second-order valence-electron chi connectivity index (χ2n) is 4.30. The Labute approximate surface area is 87.4 Å². The Balaban J connectivity index is 2.81. The molecule has 0 aromatic carbocycles. The lowest BCUT2D eigenvalue weighted by molar-refractivity contribution is -0.156. The molecule has 88 valence electrons. The summed E-state index contributed by atoms with van der Waals surface area (Å²) < 4.78 is 31.0. The smallest absolute Gasteiger partial charge is 0.309 e. The van der Waals surface area contributed by atoms with Gasteiger partial charge in [-0.05, 0) is 26.2 Å². The normalized spacial score (nSPS) is 28.5. The van der Waals surface area contributed by atoms with Gasteiger partial charge in [-0.25, -0.2) is 8.78 Å². The molecule has 1 atom stereocenters. The SMILES string of the molecule is CC(F)(F)CC1(C(=O)O)CCCOCC1. The second-order valence-corrected chi connectivity index (χ2v) is 4.30. The molecule has 5 heteroatoms. The first-order valence-corrected chi connectivity index (χ1v) is 5.05. The van der Waals surface area contributed by atoms with Gasteiger partial charge < -0.3 is 9.84 Å². The molecule has 1 heterocycles. The first-order valence-electron chi connectivity index (χ1n) is 5.05. The van der Waals surface area contributed by atoms with Gasteiger partial charge >= 0.3 is 5.97 Å². The van der Waals surface area contributed by atoms with Gasteiger partial charge in [-0.3, -0.25) is 4.79 Å². The summed E-state index contributed by atoms with van der Waals surface area (Å²) in [5.41, 5.74) is -1.31. The predicted octanol–water partition coefficient (Wildman–Crippen LogP) is 2.30. The van der Waals surface area contributed by atoms with Gasteiger partial charge in [0.15, 0.2) is 0 Å². The fourth-order valence-corrected chi connectivity index (χ4v) is 2.07. The largest absolute Gasteiger partial charge is 0.481 e. The number of rotatable bonds is 3. The van der Waals surface area contributed by atoms with Crippen LogP contribution in [0.4, 0.5) is 8.78 Å². The lowest BCUT2D eigenvalue weighted by Crippen LogP contribution is -2.36.